The molecule has 0 spiro atoms. The maximum Gasteiger partial charge on any atom is 0.171 e. The van der Waals surface area contributed by atoms with Gasteiger partial charge in [0.1, 0.15) is 0 Å². The maximum atomic E-state index is 5.30. The van der Waals surface area contributed by atoms with Crippen LogP contribution in [0.2, 0.25) is 0 Å². The summed E-state index contributed by atoms with van der Waals surface area (Å²) in [6.07, 6.45) is 5.22. The van der Waals surface area contributed by atoms with Crippen LogP contribution in [0.5, 0.6) is 0 Å². The molecule has 0 aromatic heterocycles. The lowest BCUT2D eigenvalue weighted by Crippen LogP contribution is -2.35. The lowest BCUT2D eigenvalue weighted by molar-refractivity contribution is 0.696. The smallest absolute Gasteiger partial charge is 0.171 e. The van der Waals surface area contributed by atoms with E-state index in [2.05, 4.69) is 4.99 Å². The van der Waals surface area contributed by atoms with Crippen LogP contribution < -0.4 is 5.73 Å². The first-order valence-electron chi connectivity index (χ1n) is 2.55. The average molecular weight is 141 g/mol. The third kappa shape index (κ3) is 1.50. The number of thiocarbonyl (C=S) groups is 1. The average Bonchev–Trinajstić information content (AvgIpc) is 1.90. The van der Waals surface area contributed by atoms with E-state index in [0.29, 0.717) is 5.11 Å². The van der Waals surface area contributed by atoms with E-state index in [1.54, 1.807) is 17.4 Å². The van der Waals surface area contributed by atoms with Crippen LogP contribution in [0.1, 0.15) is 0 Å². The normalized spacial score (nSPS) is 16.2. The van der Waals surface area contributed by atoms with E-state index in [1.165, 1.54) is 0 Å². The van der Waals surface area contributed by atoms with Crippen molar-refractivity contribution in [3.8, 4) is 0 Å². The van der Waals surface area contributed by atoms with E-state index in [1.807, 2.05) is 6.08 Å². The molecular weight excluding hydrogens is 134 g/mol. The maximum absolute atomic E-state index is 5.30. The molecule has 0 atom stereocenters. The minimum atomic E-state index is 0.364. The first-order valence-corrected chi connectivity index (χ1v) is 2.96. The fraction of sp³-hybridized carbons (Fsp3) is 0.200. The minimum absolute atomic E-state index is 0.364. The highest BCUT2D eigenvalue weighted by Gasteiger charge is 2.00. The number of aliphatic imine (C=N–C) groups is 1. The Kier molecular flexibility index (Phi) is 1.79. The van der Waals surface area contributed by atoms with Gasteiger partial charge in [0.05, 0.1) is 6.34 Å². The van der Waals surface area contributed by atoms with Crippen LogP contribution >= 0.6 is 12.2 Å². The fourth-order valence-corrected chi connectivity index (χ4v) is 0.656. The summed E-state index contributed by atoms with van der Waals surface area (Å²) < 4.78 is 0. The van der Waals surface area contributed by atoms with Crippen molar-refractivity contribution in [1.82, 2.24) is 4.90 Å². The van der Waals surface area contributed by atoms with Crippen LogP contribution in [-0.2, 0) is 0 Å². The van der Waals surface area contributed by atoms with Crippen molar-refractivity contribution in [3.05, 3.63) is 12.3 Å². The highest BCUT2D eigenvalue weighted by atomic mass is 32.1. The first-order chi connectivity index (χ1) is 4.30. The Morgan fingerprint density at radius 3 is 2.89 bits per heavy atom. The summed E-state index contributed by atoms with van der Waals surface area (Å²) in [5, 5.41) is 0.364. The zero-order valence-corrected chi connectivity index (χ0v) is 5.64. The van der Waals surface area contributed by atoms with Crippen LogP contribution in [0.3, 0.4) is 0 Å². The molecule has 0 radical (unpaired) electrons. The minimum Gasteiger partial charge on any atom is -0.376 e. The predicted octanol–water partition coefficient (Wildman–Crippen LogP) is 0.0876. The van der Waals surface area contributed by atoms with Gasteiger partial charge >= 0.3 is 0 Å². The zero-order chi connectivity index (χ0) is 6.69. The monoisotopic (exact) mass is 141 g/mol. The third-order valence-electron chi connectivity index (χ3n) is 0.983. The van der Waals surface area contributed by atoms with Crippen molar-refractivity contribution in [3.63, 3.8) is 0 Å². The van der Waals surface area contributed by atoms with Crippen LogP contribution in [0, 0.1) is 0 Å². The molecule has 0 saturated carbocycles. The number of hydrogen-bond acceptors (Lipinski definition) is 2. The molecular formula is C5H7N3S. The molecule has 1 rings (SSSR count). The van der Waals surface area contributed by atoms with Crippen molar-refractivity contribution in [2.45, 2.75) is 0 Å². The van der Waals surface area contributed by atoms with Crippen molar-refractivity contribution in [1.29, 1.82) is 0 Å². The summed E-state index contributed by atoms with van der Waals surface area (Å²) in [6.45, 7) is 0.735. The van der Waals surface area contributed by atoms with Crippen molar-refractivity contribution >= 4 is 23.7 Å². The van der Waals surface area contributed by atoms with Crippen LogP contribution in [0.25, 0.3) is 0 Å². The van der Waals surface area contributed by atoms with Gasteiger partial charge in [0, 0.05) is 12.7 Å². The molecule has 9 heavy (non-hydrogen) atoms. The summed E-state index contributed by atoms with van der Waals surface area (Å²) in [7, 11) is 0. The zero-order valence-electron chi connectivity index (χ0n) is 4.82. The Bertz CT molecular complexity index is 173. The topological polar surface area (TPSA) is 41.6 Å². The number of nitrogens with zero attached hydrogens (tertiary/aromatic N) is 2. The van der Waals surface area contributed by atoms with Gasteiger partial charge in [-0.15, -0.1) is 0 Å². The molecule has 1 heterocycles. The van der Waals surface area contributed by atoms with E-state index in [-0.39, 0.29) is 0 Å². The van der Waals surface area contributed by atoms with Crippen LogP contribution in [-0.4, -0.2) is 22.9 Å². The summed E-state index contributed by atoms with van der Waals surface area (Å²) in [6, 6.07) is 0. The molecule has 0 saturated heterocycles. The molecule has 0 aliphatic carbocycles. The lowest BCUT2D eigenvalue weighted by Gasteiger charge is -2.15. The van der Waals surface area contributed by atoms with Gasteiger partial charge in [-0.25, -0.2) is 4.99 Å². The Morgan fingerprint density at radius 2 is 2.56 bits per heavy atom. The van der Waals surface area contributed by atoms with Crippen molar-refractivity contribution in [2.75, 3.05) is 6.54 Å². The molecule has 0 aromatic rings. The molecule has 0 aromatic carbocycles. The molecule has 0 unspecified atom stereocenters. The van der Waals surface area contributed by atoms with Gasteiger partial charge in [-0.05, 0) is 18.3 Å². The largest absolute Gasteiger partial charge is 0.376 e. The second kappa shape index (κ2) is 2.59. The van der Waals surface area contributed by atoms with E-state index in [0.717, 1.165) is 6.54 Å². The molecule has 1 aliphatic heterocycles. The van der Waals surface area contributed by atoms with Crippen molar-refractivity contribution in [2.24, 2.45) is 10.7 Å². The number of hydrogen-bond donors (Lipinski definition) is 1. The fourth-order valence-electron chi connectivity index (χ4n) is 0.535. The molecule has 3 nitrogen and oxygen atoms in total. The Morgan fingerprint density at radius 1 is 1.78 bits per heavy atom. The Labute approximate surface area is 58.9 Å². The lowest BCUT2D eigenvalue weighted by atomic mass is 10.5. The molecule has 2 N–H and O–H groups in total. The second-order valence-corrected chi connectivity index (χ2v) is 2.06. The van der Waals surface area contributed by atoms with Crippen LogP contribution in [0.4, 0.5) is 0 Å². The van der Waals surface area contributed by atoms with E-state index in [4.69, 9.17) is 18.0 Å². The first kappa shape index (κ1) is 6.22. The van der Waals surface area contributed by atoms with Crippen molar-refractivity contribution < 1.29 is 0 Å². The summed E-state index contributed by atoms with van der Waals surface area (Å²) in [5.74, 6) is 0. The molecule has 0 fully saturated rings. The van der Waals surface area contributed by atoms with Gasteiger partial charge in [-0.3, -0.25) is 0 Å². The summed E-state index contributed by atoms with van der Waals surface area (Å²) in [4.78, 5) is 5.52. The van der Waals surface area contributed by atoms with E-state index >= 15 is 0 Å². The molecule has 48 valence electrons. The third-order valence-corrected chi connectivity index (χ3v) is 1.22. The van der Waals surface area contributed by atoms with Gasteiger partial charge in [0.25, 0.3) is 0 Å². The van der Waals surface area contributed by atoms with Gasteiger partial charge < -0.3 is 10.6 Å². The second-order valence-electron chi connectivity index (χ2n) is 1.64. The molecule has 1 aliphatic rings. The number of nitrogens with two attached hydrogens (primary N) is 1. The standard InChI is InChI=1S/C5H7N3S/c6-5(9)8-3-1-2-7-4-8/h1-2,4H,3H2,(H2,6,9). The van der Waals surface area contributed by atoms with Gasteiger partial charge in [0.2, 0.25) is 0 Å². The van der Waals surface area contributed by atoms with Gasteiger partial charge in [-0.2, -0.15) is 0 Å². The SMILES string of the molecule is NC(=S)N1C=NC=CC1. The Balaban J connectivity index is 2.56. The Hall–Kier alpha value is -0.900. The van der Waals surface area contributed by atoms with E-state index < -0.39 is 0 Å². The predicted molar refractivity (Wildman–Crippen MR) is 41.1 cm³/mol. The highest BCUT2D eigenvalue weighted by Crippen LogP contribution is 1.91. The summed E-state index contributed by atoms with van der Waals surface area (Å²) >= 11 is 4.69. The molecule has 0 amide bonds. The summed E-state index contributed by atoms with van der Waals surface area (Å²) in [5.41, 5.74) is 5.30. The van der Waals surface area contributed by atoms with Crippen LogP contribution in [0.15, 0.2) is 17.3 Å². The van der Waals surface area contributed by atoms with Gasteiger partial charge in [0.15, 0.2) is 5.11 Å². The van der Waals surface area contributed by atoms with Gasteiger partial charge in [-0.1, -0.05) is 0 Å². The van der Waals surface area contributed by atoms with E-state index in [9.17, 15) is 0 Å². The number of rotatable bonds is 0. The highest BCUT2D eigenvalue weighted by molar-refractivity contribution is 7.80. The molecule has 0 bridgehead atoms. The molecule has 4 heteroatoms. The quantitative estimate of drug-likeness (QED) is 0.486.